The van der Waals surface area contributed by atoms with Crippen LogP contribution in [0.5, 0.6) is 0 Å². The molecule has 2 rings (SSSR count). The first-order valence-corrected chi connectivity index (χ1v) is 6.48. The highest BCUT2D eigenvalue weighted by Crippen LogP contribution is 2.39. The number of nitrogens with one attached hydrogen (secondary N) is 2. The van der Waals surface area contributed by atoms with Crippen LogP contribution in [0.25, 0.3) is 0 Å². The Balaban J connectivity index is 2.00. The lowest BCUT2D eigenvalue weighted by atomic mass is 9.71. The fourth-order valence-electron chi connectivity index (χ4n) is 1.69. The van der Waals surface area contributed by atoms with Crippen LogP contribution in [0.15, 0.2) is 17.6 Å². The number of sulfonamides is 1. The molecular weight excluding hydrogens is 214 g/mol. The van der Waals surface area contributed by atoms with E-state index in [9.17, 15) is 8.42 Å². The highest BCUT2D eigenvalue weighted by atomic mass is 32.2. The lowest BCUT2D eigenvalue weighted by Crippen LogP contribution is -2.39. The van der Waals surface area contributed by atoms with Gasteiger partial charge >= 0.3 is 0 Å². The standard InChI is InChI=1S/C9H15N3O2S/c1-9(3-2-4-9)6-12-15(13,14)8-5-10-7-11-8/h5,7,12H,2-4,6H2,1H3,(H,10,11). The van der Waals surface area contributed by atoms with Crippen molar-refractivity contribution in [1.29, 1.82) is 0 Å². The Morgan fingerprint density at radius 3 is 2.80 bits per heavy atom. The van der Waals surface area contributed by atoms with Crippen LogP contribution in [0, 0.1) is 5.41 Å². The molecule has 84 valence electrons. The van der Waals surface area contributed by atoms with E-state index in [2.05, 4.69) is 21.6 Å². The third-order valence-electron chi connectivity index (χ3n) is 3.01. The Morgan fingerprint density at radius 1 is 1.60 bits per heavy atom. The fourth-order valence-corrected chi connectivity index (χ4v) is 2.80. The molecule has 0 atom stereocenters. The van der Waals surface area contributed by atoms with Crippen molar-refractivity contribution in [3.63, 3.8) is 0 Å². The first-order chi connectivity index (χ1) is 7.02. The molecule has 0 aromatic carbocycles. The van der Waals surface area contributed by atoms with Gasteiger partial charge in [-0.05, 0) is 18.3 Å². The maximum Gasteiger partial charge on any atom is 0.257 e. The van der Waals surface area contributed by atoms with Gasteiger partial charge in [0, 0.05) is 6.54 Å². The number of rotatable bonds is 4. The minimum absolute atomic E-state index is 0.130. The summed E-state index contributed by atoms with van der Waals surface area (Å²) in [5.74, 6) is 0. The molecule has 1 aromatic rings. The summed E-state index contributed by atoms with van der Waals surface area (Å²) >= 11 is 0. The lowest BCUT2D eigenvalue weighted by Gasteiger charge is -2.38. The summed E-state index contributed by atoms with van der Waals surface area (Å²) in [7, 11) is -3.39. The second-order valence-corrected chi connectivity index (χ2v) is 6.14. The second kappa shape index (κ2) is 3.61. The van der Waals surface area contributed by atoms with Gasteiger partial charge in [0.25, 0.3) is 10.0 Å². The highest BCUT2D eigenvalue weighted by molar-refractivity contribution is 7.89. The first-order valence-electron chi connectivity index (χ1n) is 5.00. The number of hydrogen-bond acceptors (Lipinski definition) is 3. The number of aromatic amines is 1. The smallest absolute Gasteiger partial charge is 0.257 e. The normalized spacial score (nSPS) is 19.8. The molecule has 6 heteroatoms. The van der Waals surface area contributed by atoms with Gasteiger partial charge in [-0.2, -0.15) is 0 Å². The van der Waals surface area contributed by atoms with Gasteiger partial charge in [0.05, 0.1) is 12.5 Å². The summed E-state index contributed by atoms with van der Waals surface area (Å²) in [6, 6.07) is 0. The summed E-state index contributed by atoms with van der Waals surface area (Å²) in [5.41, 5.74) is 0.146. The maximum absolute atomic E-state index is 11.7. The molecule has 1 saturated carbocycles. The fraction of sp³-hybridized carbons (Fsp3) is 0.667. The van der Waals surface area contributed by atoms with E-state index < -0.39 is 10.0 Å². The molecule has 15 heavy (non-hydrogen) atoms. The predicted molar refractivity (Wildman–Crippen MR) is 55.7 cm³/mol. The Hall–Kier alpha value is -0.880. The molecule has 2 N–H and O–H groups in total. The van der Waals surface area contributed by atoms with Crippen molar-refractivity contribution in [3.8, 4) is 0 Å². The van der Waals surface area contributed by atoms with E-state index in [-0.39, 0.29) is 10.4 Å². The maximum atomic E-state index is 11.7. The Morgan fingerprint density at radius 2 is 2.33 bits per heavy atom. The van der Waals surface area contributed by atoms with Crippen LogP contribution in [0.1, 0.15) is 26.2 Å². The zero-order chi connectivity index (χ0) is 10.9. The van der Waals surface area contributed by atoms with E-state index in [1.54, 1.807) is 0 Å². The van der Waals surface area contributed by atoms with Gasteiger partial charge in [0.15, 0.2) is 5.03 Å². The molecular formula is C9H15N3O2S. The molecule has 0 saturated heterocycles. The van der Waals surface area contributed by atoms with Crippen LogP contribution in [0.2, 0.25) is 0 Å². The molecule has 0 bridgehead atoms. The topological polar surface area (TPSA) is 74.8 Å². The van der Waals surface area contributed by atoms with Gasteiger partial charge in [-0.3, -0.25) is 0 Å². The predicted octanol–water partition coefficient (Wildman–Crippen LogP) is 0.878. The third-order valence-corrected chi connectivity index (χ3v) is 4.34. The van der Waals surface area contributed by atoms with Crippen molar-refractivity contribution in [2.75, 3.05) is 6.54 Å². The molecule has 1 aliphatic carbocycles. The van der Waals surface area contributed by atoms with Crippen molar-refractivity contribution in [1.82, 2.24) is 14.7 Å². The number of nitrogens with zero attached hydrogens (tertiary/aromatic N) is 1. The number of H-pyrrole nitrogens is 1. The van der Waals surface area contributed by atoms with Crippen molar-refractivity contribution in [2.45, 2.75) is 31.2 Å². The van der Waals surface area contributed by atoms with Crippen molar-refractivity contribution in [3.05, 3.63) is 12.5 Å². The molecule has 0 radical (unpaired) electrons. The van der Waals surface area contributed by atoms with Crippen molar-refractivity contribution >= 4 is 10.0 Å². The van der Waals surface area contributed by atoms with E-state index in [4.69, 9.17) is 0 Å². The molecule has 5 nitrogen and oxygen atoms in total. The van der Waals surface area contributed by atoms with Crippen molar-refractivity contribution < 1.29 is 8.42 Å². The average molecular weight is 229 g/mol. The van der Waals surface area contributed by atoms with E-state index >= 15 is 0 Å². The zero-order valence-corrected chi connectivity index (χ0v) is 9.47. The number of imidazole rings is 1. The molecule has 1 aliphatic rings. The van der Waals surface area contributed by atoms with E-state index in [1.165, 1.54) is 18.9 Å². The minimum atomic E-state index is -3.39. The minimum Gasteiger partial charge on any atom is -0.335 e. The molecule has 1 fully saturated rings. The summed E-state index contributed by atoms with van der Waals surface area (Å²) in [6.45, 7) is 2.61. The average Bonchev–Trinajstić information content (AvgIpc) is 2.65. The number of hydrogen-bond donors (Lipinski definition) is 2. The second-order valence-electron chi connectivity index (χ2n) is 4.40. The summed E-state index contributed by atoms with van der Waals surface area (Å²) in [4.78, 5) is 6.28. The molecule has 0 unspecified atom stereocenters. The van der Waals surface area contributed by atoms with Gasteiger partial charge in [-0.25, -0.2) is 18.1 Å². The first kappa shape index (κ1) is 10.6. The molecule has 1 aromatic heterocycles. The van der Waals surface area contributed by atoms with Gasteiger partial charge in [0.2, 0.25) is 0 Å². The van der Waals surface area contributed by atoms with Gasteiger partial charge in [-0.1, -0.05) is 13.3 Å². The van der Waals surface area contributed by atoms with E-state index in [1.807, 2.05) is 0 Å². The molecule has 0 aliphatic heterocycles. The van der Waals surface area contributed by atoms with Crippen LogP contribution in [-0.2, 0) is 10.0 Å². The molecule has 0 spiro atoms. The van der Waals surface area contributed by atoms with Crippen LogP contribution in [-0.4, -0.2) is 24.9 Å². The lowest BCUT2D eigenvalue weighted by molar-refractivity contribution is 0.166. The van der Waals surface area contributed by atoms with Gasteiger partial charge in [0.1, 0.15) is 0 Å². The number of aromatic nitrogens is 2. The summed E-state index contributed by atoms with van der Waals surface area (Å²) in [5, 5.41) is 0.130. The van der Waals surface area contributed by atoms with Crippen LogP contribution >= 0.6 is 0 Å². The monoisotopic (exact) mass is 229 g/mol. The third kappa shape index (κ3) is 2.21. The van der Waals surface area contributed by atoms with Crippen molar-refractivity contribution in [2.24, 2.45) is 5.41 Å². The Labute approximate surface area is 89.4 Å². The van der Waals surface area contributed by atoms with E-state index in [0.29, 0.717) is 6.54 Å². The largest absolute Gasteiger partial charge is 0.335 e. The summed E-state index contributed by atoms with van der Waals surface area (Å²) < 4.78 is 26.0. The quantitative estimate of drug-likeness (QED) is 0.804. The molecule has 1 heterocycles. The van der Waals surface area contributed by atoms with Gasteiger partial charge < -0.3 is 4.98 Å². The Bertz CT molecular complexity index is 420. The van der Waals surface area contributed by atoms with Gasteiger partial charge in [-0.15, -0.1) is 0 Å². The van der Waals surface area contributed by atoms with E-state index in [0.717, 1.165) is 12.8 Å². The molecule has 0 amide bonds. The van der Waals surface area contributed by atoms with Crippen LogP contribution in [0.4, 0.5) is 0 Å². The van der Waals surface area contributed by atoms with Crippen LogP contribution in [0.3, 0.4) is 0 Å². The Kier molecular flexibility index (Phi) is 2.56. The van der Waals surface area contributed by atoms with Crippen LogP contribution < -0.4 is 4.72 Å². The highest BCUT2D eigenvalue weighted by Gasteiger charge is 2.33. The SMILES string of the molecule is CC1(CNS(=O)(=O)c2cnc[nH]2)CCC1. The zero-order valence-electron chi connectivity index (χ0n) is 8.66. The summed E-state index contributed by atoms with van der Waals surface area (Å²) in [6.07, 6.45) is 6.06.